The SMILES string of the molecule is CC(C)COOOCC(C)C. The van der Waals surface area contributed by atoms with Gasteiger partial charge in [-0.05, 0) is 11.8 Å². The molecule has 0 unspecified atom stereocenters. The Bertz CT molecular complexity index is 71.4. The Morgan fingerprint density at radius 2 is 1.18 bits per heavy atom. The van der Waals surface area contributed by atoms with E-state index in [9.17, 15) is 0 Å². The van der Waals surface area contributed by atoms with Crippen molar-refractivity contribution >= 4 is 0 Å². The smallest absolute Gasteiger partial charge is 0.0876 e. The molecule has 3 nitrogen and oxygen atoms in total. The van der Waals surface area contributed by atoms with Gasteiger partial charge in [-0.25, -0.2) is 9.78 Å². The second-order valence-corrected chi connectivity index (χ2v) is 3.42. The van der Waals surface area contributed by atoms with E-state index in [0.29, 0.717) is 25.0 Å². The summed E-state index contributed by atoms with van der Waals surface area (Å²) in [6, 6.07) is 0. The molecular formula is C8H18O3. The van der Waals surface area contributed by atoms with Gasteiger partial charge in [-0.15, -0.1) is 0 Å². The predicted octanol–water partition coefficient (Wildman–Crippen LogP) is 2.18. The van der Waals surface area contributed by atoms with Crippen molar-refractivity contribution in [2.24, 2.45) is 11.8 Å². The molecule has 0 aliphatic carbocycles. The molecule has 0 N–H and O–H groups in total. The lowest BCUT2D eigenvalue weighted by molar-refractivity contribution is -0.516. The summed E-state index contributed by atoms with van der Waals surface area (Å²) < 4.78 is 0. The minimum Gasteiger partial charge on any atom is -0.206 e. The van der Waals surface area contributed by atoms with Gasteiger partial charge in [-0.3, -0.25) is 0 Å². The first-order valence-electron chi connectivity index (χ1n) is 4.04. The van der Waals surface area contributed by atoms with Gasteiger partial charge in [0.2, 0.25) is 0 Å². The molecule has 0 aromatic heterocycles. The van der Waals surface area contributed by atoms with Crippen LogP contribution < -0.4 is 0 Å². The van der Waals surface area contributed by atoms with Crippen LogP contribution in [0.2, 0.25) is 0 Å². The molecule has 0 radical (unpaired) electrons. The zero-order valence-electron chi connectivity index (χ0n) is 7.79. The van der Waals surface area contributed by atoms with E-state index >= 15 is 0 Å². The van der Waals surface area contributed by atoms with Crippen molar-refractivity contribution < 1.29 is 14.8 Å². The largest absolute Gasteiger partial charge is 0.206 e. The van der Waals surface area contributed by atoms with Gasteiger partial charge in [0.05, 0.1) is 13.2 Å². The Morgan fingerprint density at radius 3 is 1.45 bits per heavy atom. The third kappa shape index (κ3) is 9.88. The lowest BCUT2D eigenvalue weighted by Crippen LogP contribution is -2.07. The van der Waals surface area contributed by atoms with Crippen molar-refractivity contribution in [1.29, 1.82) is 0 Å². The molecule has 0 saturated carbocycles. The van der Waals surface area contributed by atoms with E-state index in [1.807, 2.05) is 27.7 Å². The van der Waals surface area contributed by atoms with Crippen LogP contribution in [-0.4, -0.2) is 13.2 Å². The molecule has 11 heavy (non-hydrogen) atoms. The van der Waals surface area contributed by atoms with E-state index in [1.165, 1.54) is 0 Å². The van der Waals surface area contributed by atoms with Crippen LogP contribution in [0.3, 0.4) is 0 Å². The normalized spacial score (nSPS) is 11.5. The molecule has 0 amide bonds. The summed E-state index contributed by atoms with van der Waals surface area (Å²) in [6.45, 7) is 9.32. The molecule has 0 saturated heterocycles. The number of hydrogen-bond acceptors (Lipinski definition) is 3. The average molecular weight is 162 g/mol. The van der Waals surface area contributed by atoms with Crippen LogP contribution in [0.4, 0.5) is 0 Å². The van der Waals surface area contributed by atoms with E-state index in [1.54, 1.807) is 0 Å². The van der Waals surface area contributed by atoms with Crippen LogP contribution >= 0.6 is 0 Å². The number of rotatable bonds is 6. The lowest BCUT2D eigenvalue weighted by Gasteiger charge is -2.06. The van der Waals surface area contributed by atoms with Gasteiger partial charge >= 0.3 is 0 Å². The maximum Gasteiger partial charge on any atom is 0.0876 e. The summed E-state index contributed by atoms with van der Waals surface area (Å²) in [7, 11) is 0. The molecule has 68 valence electrons. The third-order valence-corrected chi connectivity index (χ3v) is 0.899. The summed E-state index contributed by atoms with van der Waals surface area (Å²) in [5.41, 5.74) is 0. The van der Waals surface area contributed by atoms with Crippen LogP contribution in [0.15, 0.2) is 0 Å². The lowest BCUT2D eigenvalue weighted by atomic mass is 10.2. The summed E-state index contributed by atoms with van der Waals surface area (Å²) >= 11 is 0. The maximum absolute atomic E-state index is 4.72. The van der Waals surface area contributed by atoms with Crippen molar-refractivity contribution in [3.63, 3.8) is 0 Å². The minimum atomic E-state index is 0.470. The van der Waals surface area contributed by atoms with Crippen LogP contribution in [0.1, 0.15) is 27.7 Å². The molecular weight excluding hydrogens is 144 g/mol. The molecule has 0 rings (SSSR count). The Kier molecular flexibility index (Phi) is 6.51. The van der Waals surface area contributed by atoms with Gasteiger partial charge in [0.25, 0.3) is 0 Å². The van der Waals surface area contributed by atoms with E-state index in [0.717, 1.165) is 0 Å². The fraction of sp³-hybridized carbons (Fsp3) is 1.00. The Balaban J connectivity index is 2.91. The molecule has 0 fully saturated rings. The molecule has 0 bridgehead atoms. The molecule has 0 aromatic carbocycles. The first kappa shape index (κ1) is 10.9. The standard InChI is InChI=1S/C8H18O3/c1-7(2)5-9-11-10-6-8(3)4/h7-8H,5-6H2,1-4H3. The van der Waals surface area contributed by atoms with Gasteiger partial charge in [-0.2, -0.15) is 0 Å². The third-order valence-electron chi connectivity index (χ3n) is 0.899. The first-order chi connectivity index (χ1) is 5.13. The van der Waals surface area contributed by atoms with Crippen LogP contribution in [0.5, 0.6) is 0 Å². The van der Waals surface area contributed by atoms with Crippen LogP contribution in [-0.2, 0) is 14.8 Å². The minimum absolute atomic E-state index is 0.470. The van der Waals surface area contributed by atoms with E-state index in [4.69, 9.17) is 9.78 Å². The topological polar surface area (TPSA) is 27.7 Å². The summed E-state index contributed by atoms with van der Waals surface area (Å²) in [5.74, 6) is 0.940. The van der Waals surface area contributed by atoms with Gasteiger partial charge in [-0.1, -0.05) is 32.7 Å². The predicted molar refractivity (Wildman–Crippen MR) is 42.7 cm³/mol. The zero-order valence-corrected chi connectivity index (χ0v) is 7.79. The summed E-state index contributed by atoms with van der Waals surface area (Å²) in [4.78, 5) is 9.45. The molecule has 0 heterocycles. The fourth-order valence-corrected chi connectivity index (χ4v) is 0.362. The molecule has 0 aromatic rings. The highest BCUT2D eigenvalue weighted by atomic mass is 17.5. The van der Waals surface area contributed by atoms with Gasteiger partial charge in [0.1, 0.15) is 0 Å². The molecule has 0 atom stereocenters. The van der Waals surface area contributed by atoms with Crippen LogP contribution in [0, 0.1) is 11.8 Å². The monoisotopic (exact) mass is 162 g/mol. The van der Waals surface area contributed by atoms with Crippen LogP contribution in [0.25, 0.3) is 0 Å². The molecule has 0 aliphatic rings. The van der Waals surface area contributed by atoms with E-state index in [-0.39, 0.29) is 0 Å². The Morgan fingerprint density at radius 1 is 0.818 bits per heavy atom. The zero-order chi connectivity index (χ0) is 8.69. The van der Waals surface area contributed by atoms with E-state index in [2.05, 4.69) is 5.04 Å². The van der Waals surface area contributed by atoms with Gasteiger partial charge < -0.3 is 0 Å². The fourth-order valence-electron chi connectivity index (χ4n) is 0.362. The van der Waals surface area contributed by atoms with Crippen molar-refractivity contribution in [1.82, 2.24) is 0 Å². The molecule has 3 heteroatoms. The second kappa shape index (κ2) is 6.58. The molecule has 0 aliphatic heterocycles. The maximum atomic E-state index is 4.72. The Labute approximate surface area is 68.5 Å². The Hall–Kier alpha value is -0.120. The average Bonchev–Trinajstić information content (AvgIpc) is 1.85. The van der Waals surface area contributed by atoms with Crippen molar-refractivity contribution in [2.75, 3.05) is 13.2 Å². The number of hydrogen-bond donors (Lipinski definition) is 0. The first-order valence-corrected chi connectivity index (χ1v) is 4.04. The van der Waals surface area contributed by atoms with Gasteiger partial charge in [0, 0.05) is 0 Å². The van der Waals surface area contributed by atoms with Crippen molar-refractivity contribution in [3.8, 4) is 0 Å². The quantitative estimate of drug-likeness (QED) is 0.340. The highest BCUT2D eigenvalue weighted by Crippen LogP contribution is 1.96. The van der Waals surface area contributed by atoms with Crippen molar-refractivity contribution in [2.45, 2.75) is 27.7 Å². The highest BCUT2D eigenvalue weighted by molar-refractivity contribution is 4.35. The van der Waals surface area contributed by atoms with Gasteiger partial charge in [0.15, 0.2) is 0 Å². The van der Waals surface area contributed by atoms with E-state index < -0.39 is 0 Å². The summed E-state index contributed by atoms with van der Waals surface area (Å²) in [6.07, 6.45) is 0. The highest BCUT2D eigenvalue weighted by Gasteiger charge is 1.96. The summed E-state index contributed by atoms with van der Waals surface area (Å²) in [5, 5.41) is 4.46. The second-order valence-electron chi connectivity index (χ2n) is 3.42. The van der Waals surface area contributed by atoms with Crippen molar-refractivity contribution in [3.05, 3.63) is 0 Å². The molecule has 0 spiro atoms.